The van der Waals surface area contributed by atoms with Crippen molar-refractivity contribution < 1.29 is 4.39 Å². The van der Waals surface area contributed by atoms with Crippen molar-refractivity contribution in [2.45, 2.75) is 0 Å². The van der Waals surface area contributed by atoms with Crippen LogP contribution in [-0.4, -0.2) is 18.6 Å². The van der Waals surface area contributed by atoms with E-state index in [0.717, 1.165) is 0 Å². The van der Waals surface area contributed by atoms with E-state index in [1.807, 2.05) is 0 Å². The molecule has 0 fully saturated rings. The Bertz CT molecular complexity index is 423. The maximum absolute atomic E-state index is 13.0. The zero-order valence-electron chi connectivity index (χ0n) is 7.63. The SMILES string of the molecule is CNCC#Cc1cnc(C#N)c(F)c1. The summed E-state index contributed by atoms with van der Waals surface area (Å²) >= 11 is 0. The molecular formula is C10H8FN3. The molecule has 0 saturated carbocycles. The summed E-state index contributed by atoms with van der Waals surface area (Å²) in [5.41, 5.74) is 0.265. The van der Waals surface area contributed by atoms with Gasteiger partial charge in [-0.25, -0.2) is 9.37 Å². The van der Waals surface area contributed by atoms with Gasteiger partial charge < -0.3 is 5.32 Å². The van der Waals surface area contributed by atoms with Crippen LogP contribution in [0.1, 0.15) is 11.3 Å². The minimum absolute atomic E-state index is 0.204. The lowest BCUT2D eigenvalue weighted by molar-refractivity contribution is 0.616. The van der Waals surface area contributed by atoms with Gasteiger partial charge in [0.15, 0.2) is 11.5 Å². The van der Waals surface area contributed by atoms with Crippen molar-refractivity contribution in [1.29, 1.82) is 5.26 Å². The molecule has 0 radical (unpaired) electrons. The van der Waals surface area contributed by atoms with Crippen LogP contribution in [-0.2, 0) is 0 Å². The fourth-order valence-electron chi connectivity index (χ4n) is 0.823. The highest BCUT2D eigenvalue weighted by atomic mass is 19.1. The lowest BCUT2D eigenvalue weighted by Gasteiger charge is -1.92. The molecule has 70 valence electrons. The predicted molar refractivity (Wildman–Crippen MR) is 49.7 cm³/mol. The van der Waals surface area contributed by atoms with Crippen LogP contribution in [0.25, 0.3) is 0 Å². The van der Waals surface area contributed by atoms with Crippen LogP contribution in [0.5, 0.6) is 0 Å². The summed E-state index contributed by atoms with van der Waals surface area (Å²) in [5, 5.41) is 11.3. The number of halogens is 1. The van der Waals surface area contributed by atoms with Gasteiger partial charge in [0.2, 0.25) is 0 Å². The van der Waals surface area contributed by atoms with E-state index in [-0.39, 0.29) is 5.69 Å². The average molecular weight is 189 g/mol. The van der Waals surface area contributed by atoms with Crippen LogP contribution in [0.15, 0.2) is 12.3 Å². The van der Waals surface area contributed by atoms with Crippen molar-refractivity contribution >= 4 is 0 Å². The Labute approximate surface area is 81.6 Å². The third-order valence-electron chi connectivity index (χ3n) is 1.44. The molecule has 0 unspecified atom stereocenters. The first kappa shape index (κ1) is 10.2. The highest BCUT2D eigenvalue weighted by molar-refractivity contribution is 5.35. The normalized spacial score (nSPS) is 8.64. The lowest BCUT2D eigenvalue weighted by Crippen LogP contribution is -2.04. The summed E-state index contributed by atoms with van der Waals surface area (Å²) in [5.74, 6) is 4.84. The number of hydrogen-bond donors (Lipinski definition) is 1. The predicted octanol–water partition coefficient (Wildman–Crippen LogP) is 0.663. The molecule has 0 aliphatic carbocycles. The molecule has 1 N–H and O–H groups in total. The van der Waals surface area contributed by atoms with Crippen LogP contribution in [0, 0.1) is 29.0 Å². The first-order valence-corrected chi connectivity index (χ1v) is 3.97. The van der Waals surface area contributed by atoms with Crippen LogP contribution < -0.4 is 5.32 Å². The molecule has 1 heterocycles. The molecule has 0 bridgehead atoms. The molecule has 1 aromatic rings. The fourth-order valence-corrected chi connectivity index (χ4v) is 0.823. The van der Waals surface area contributed by atoms with Crippen molar-refractivity contribution in [2.75, 3.05) is 13.6 Å². The number of aromatic nitrogens is 1. The Hall–Kier alpha value is -1.91. The van der Waals surface area contributed by atoms with Gasteiger partial charge in [0.1, 0.15) is 6.07 Å². The van der Waals surface area contributed by atoms with E-state index in [1.165, 1.54) is 12.3 Å². The van der Waals surface area contributed by atoms with Crippen LogP contribution in [0.3, 0.4) is 0 Å². The van der Waals surface area contributed by atoms with E-state index < -0.39 is 5.82 Å². The van der Waals surface area contributed by atoms with Crippen LogP contribution in [0.4, 0.5) is 4.39 Å². The monoisotopic (exact) mass is 189 g/mol. The molecule has 1 aromatic heterocycles. The Morgan fingerprint density at radius 2 is 2.43 bits per heavy atom. The quantitative estimate of drug-likeness (QED) is 0.660. The Kier molecular flexibility index (Phi) is 3.60. The van der Waals surface area contributed by atoms with E-state index >= 15 is 0 Å². The maximum atomic E-state index is 13.0. The molecule has 0 aromatic carbocycles. The number of hydrogen-bond acceptors (Lipinski definition) is 3. The van der Waals surface area contributed by atoms with Gasteiger partial charge in [-0.2, -0.15) is 5.26 Å². The molecule has 0 aliphatic rings. The average Bonchev–Trinajstić information content (AvgIpc) is 2.18. The second-order valence-electron chi connectivity index (χ2n) is 2.50. The van der Waals surface area contributed by atoms with E-state index in [1.54, 1.807) is 13.1 Å². The van der Waals surface area contributed by atoms with Crippen molar-refractivity contribution in [3.63, 3.8) is 0 Å². The highest BCUT2D eigenvalue weighted by Crippen LogP contribution is 2.04. The maximum Gasteiger partial charge on any atom is 0.176 e. The lowest BCUT2D eigenvalue weighted by atomic mass is 10.2. The van der Waals surface area contributed by atoms with Crippen LogP contribution in [0.2, 0.25) is 0 Å². The topological polar surface area (TPSA) is 48.7 Å². The number of rotatable bonds is 1. The smallest absolute Gasteiger partial charge is 0.176 e. The molecule has 0 atom stereocenters. The van der Waals surface area contributed by atoms with Gasteiger partial charge in [0.05, 0.1) is 6.54 Å². The molecular weight excluding hydrogens is 181 g/mol. The van der Waals surface area contributed by atoms with Crippen LogP contribution >= 0.6 is 0 Å². The minimum Gasteiger partial charge on any atom is -0.309 e. The first-order valence-electron chi connectivity index (χ1n) is 3.97. The van der Waals surface area contributed by atoms with Crippen molar-refractivity contribution in [2.24, 2.45) is 0 Å². The molecule has 0 aliphatic heterocycles. The zero-order chi connectivity index (χ0) is 10.4. The Morgan fingerprint density at radius 1 is 1.64 bits per heavy atom. The summed E-state index contributed by atoms with van der Waals surface area (Å²) < 4.78 is 13.0. The van der Waals surface area contributed by atoms with Gasteiger partial charge in [0.25, 0.3) is 0 Å². The fraction of sp³-hybridized carbons (Fsp3) is 0.200. The second kappa shape index (κ2) is 4.96. The highest BCUT2D eigenvalue weighted by Gasteiger charge is 2.01. The van der Waals surface area contributed by atoms with Gasteiger partial charge in [0, 0.05) is 11.8 Å². The van der Waals surface area contributed by atoms with E-state index in [2.05, 4.69) is 22.1 Å². The standard InChI is InChI=1S/C10H8FN3/c1-13-4-2-3-8-5-9(11)10(6-12)14-7-8/h5,7,13H,4H2,1H3. The third-order valence-corrected chi connectivity index (χ3v) is 1.44. The second-order valence-corrected chi connectivity index (χ2v) is 2.50. The van der Waals surface area contributed by atoms with Gasteiger partial charge in [-0.1, -0.05) is 11.8 Å². The summed E-state index contributed by atoms with van der Waals surface area (Å²) in [6.07, 6.45) is 1.38. The minimum atomic E-state index is -0.635. The number of nitrogens with zero attached hydrogens (tertiary/aromatic N) is 2. The van der Waals surface area contributed by atoms with E-state index in [0.29, 0.717) is 12.1 Å². The van der Waals surface area contributed by atoms with Gasteiger partial charge in [-0.05, 0) is 13.1 Å². The van der Waals surface area contributed by atoms with E-state index in [9.17, 15) is 4.39 Å². The van der Waals surface area contributed by atoms with Crippen molar-refractivity contribution in [3.05, 3.63) is 29.3 Å². The molecule has 0 saturated heterocycles. The number of pyridine rings is 1. The third kappa shape index (κ3) is 2.55. The number of nitrogens with one attached hydrogen (secondary N) is 1. The zero-order valence-corrected chi connectivity index (χ0v) is 7.63. The summed E-state index contributed by atoms with van der Waals surface area (Å²) in [4.78, 5) is 3.62. The van der Waals surface area contributed by atoms with Crippen molar-refractivity contribution in [1.82, 2.24) is 10.3 Å². The molecule has 14 heavy (non-hydrogen) atoms. The molecule has 3 nitrogen and oxygen atoms in total. The molecule has 0 spiro atoms. The summed E-state index contributed by atoms with van der Waals surface area (Å²) in [6, 6.07) is 2.85. The van der Waals surface area contributed by atoms with E-state index in [4.69, 9.17) is 5.26 Å². The number of nitriles is 1. The summed E-state index contributed by atoms with van der Waals surface area (Å²) in [6.45, 7) is 0.529. The summed E-state index contributed by atoms with van der Waals surface area (Å²) in [7, 11) is 1.77. The van der Waals surface area contributed by atoms with Gasteiger partial charge in [-0.3, -0.25) is 0 Å². The first-order chi connectivity index (χ1) is 6.77. The molecule has 1 rings (SSSR count). The Morgan fingerprint density at radius 3 is 3.00 bits per heavy atom. The van der Waals surface area contributed by atoms with Crippen molar-refractivity contribution in [3.8, 4) is 17.9 Å². The van der Waals surface area contributed by atoms with Gasteiger partial charge >= 0.3 is 0 Å². The largest absolute Gasteiger partial charge is 0.309 e. The molecule has 4 heteroatoms. The van der Waals surface area contributed by atoms with Gasteiger partial charge in [-0.15, -0.1) is 0 Å². The Balaban J connectivity index is 2.89. The molecule has 0 amide bonds.